The Bertz CT molecular complexity index is 1030. The van der Waals surface area contributed by atoms with Crippen LogP contribution in [0.25, 0.3) is 10.8 Å². The molecule has 2 aromatic rings. The molecule has 3 heterocycles. The van der Waals surface area contributed by atoms with Crippen molar-refractivity contribution in [1.29, 1.82) is 0 Å². The van der Waals surface area contributed by atoms with E-state index >= 15 is 0 Å². The van der Waals surface area contributed by atoms with Crippen LogP contribution in [-0.4, -0.2) is 64.7 Å². The summed E-state index contributed by atoms with van der Waals surface area (Å²) in [6, 6.07) is 13.0. The molecule has 3 fully saturated rings. The van der Waals surface area contributed by atoms with E-state index in [1.54, 1.807) is 0 Å². The van der Waals surface area contributed by atoms with Gasteiger partial charge in [-0.15, -0.1) is 0 Å². The quantitative estimate of drug-likeness (QED) is 0.478. The Morgan fingerprint density at radius 1 is 1.17 bits per heavy atom. The lowest BCUT2D eigenvalue weighted by Crippen LogP contribution is -2.64. The SMILES string of the molecule is CC(C)CNC(=S)C1CN2CC3C(=O)N(c4cccc5ccccc45)C(=O)[N+]31C2. The van der Waals surface area contributed by atoms with Crippen molar-refractivity contribution in [2.24, 2.45) is 5.92 Å². The number of carbonyl (C=O) groups is 2. The third-order valence-electron chi connectivity index (χ3n) is 6.46. The number of hydrogen-bond donors (Lipinski definition) is 1. The van der Waals surface area contributed by atoms with Crippen LogP contribution in [0.3, 0.4) is 0 Å². The van der Waals surface area contributed by atoms with E-state index in [0.29, 0.717) is 29.8 Å². The van der Waals surface area contributed by atoms with Crippen molar-refractivity contribution < 1.29 is 14.1 Å². The molecule has 0 aliphatic carbocycles. The lowest BCUT2D eigenvalue weighted by molar-refractivity contribution is -0.851. The molecule has 7 heteroatoms. The van der Waals surface area contributed by atoms with Crippen molar-refractivity contribution in [1.82, 2.24) is 10.2 Å². The second-order valence-corrected chi connectivity index (χ2v) is 9.17. The number of nitrogens with zero attached hydrogens (tertiary/aromatic N) is 3. The largest absolute Gasteiger partial charge is 0.433 e. The minimum absolute atomic E-state index is 0.106. The van der Waals surface area contributed by atoms with Crippen LogP contribution < -0.4 is 10.2 Å². The Labute approximate surface area is 175 Å². The van der Waals surface area contributed by atoms with Crippen LogP contribution in [0.4, 0.5) is 10.5 Å². The molecule has 4 atom stereocenters. The van der Waals surface area contributed by atoms with E-state index in [9.17, 15) is 9.59 Å². The average molecular weight is 410 g/mol. The van der Waals surface area contributed by atoms with Crippen molar-refractivity contribution in [3.63, 3.8) is 0 Å². The number of nitrogens with one attached hydrogen (secondary N) is 1. The molecule has 1 spiro atoms. The van der Waals surface area contributed by atoms with E-state index in [1.807, 2.05) is 42.5 Å². The molecule has 6 nitrogen and oxygen atoms in total. The number of rotatable bonds is 4. The number of hydrogen-bond acceptors (Lipinski definition) is 4. The minimum atomic E-state index is -0.376. The normalized spacial score (nSPS) is 30.4. The van der Waals surface area contributed by atoms with Gasteiger partial charge in [0.25, 0.3) is 5.91 Å². The molecule has 0 saturated carbocycles. The highest BCUT2D eigenvalue weighted by molar-refractivity contribution is 7.80. The standard InChI is InChI=1S/C22H24N4O2S/c1-14(2)10-23-20(29)18-11-24-12-19-21(27)25(22(28)26(18,19)13-24)17-9-5-7-15-6-3-4-8-16(15)17/h3-9,14,18-19H,10-13H2,1-2H3/p+1. The molecule has 2 aromatic carbocycles. The van der Waals surface area contributed by atoms with Crippen LogP contribution >= 0.6 is 12.2 Å². The van der Waals surface area contributed by atoms with Gasteiger partial charge in [0.2, 0.25) is 0 Å². The highest BCUT2D eigenvalue weighted by Gasteiger charge is 2.72. The number of piperazine rings is 1. The number of thiocarbonyl (C=S) groups is 1. The van der Waals surface area contributed by atoms with E-state index in [1.165, 1.54) is 4.90 Å². The Kier molecular flexibility index (Phi) is 4.24. The van der Waals surface area contributed by atoms with E-state index < -0.39 is 0 Å². The van der Waals surface area contributed by atoms with E-state index in [0.717, 1.165) is 23.9 Å². The summed E-state index contributed by atoms with van der Waals surface area (Å²) in [5, 5.41) is 5.28. The third-order valence-corrected chi connectivity index (χ3v) is 6.87. The molecule has 150 valence electrons. The van der Waals surface area contributed by atoms with Crippen LogP contribution in [0, 0.1) is 5.92 Å². The summed E-state index contributed by atoms with van der Waals surface area (Å²) in [6.45, 7) is 6.93. The van der Waals surface area contributed by atoms with Gasteiger partial charge in [-0.25, -0.2) is 14.2 Å². The first-order valence-corrected chi connectivity index (χ1v) is 10.6. The molecule has 3 amide bonds. The predicted molar refractivity (Wildman–Crippen MR) is 117 cm³/mol. The maximum absolute atomic E-state index is 13.8. The molecule has 5 rings (SSSR count). The highest BCUT2D eigenvalue weighted by atomic mass is 32.1. The molecule has 29 heavy (non-hydrogen) atoms. The zero-order valence-electron chi connectivity index (χ0n) is 16.7. The zero-order chi connectivity index (χ0) is 20.3. The lowest BCUT2D eigenvalue weighted by Gasteiger charge is -2.34. The van der Waals surface area contributed by atoms with Gasteiger partial charge in [0.15, 0.2) is 12.1 Å². The van der Waals surface area contributed by atoms with Crippen molar-refractivity contribution in [2.45, 2.75) is 25.9 Å². The lowest BCUT2D eigenvalue weighted by atomic mass is 10.1. The number of benzene rings is 2. The molecule has 3 aliphatic rings. The van der Waals surface area contributed by atoms with Crippen LogP contribution in [0.2, 0.25) is 0 Å². The Balaban J connectivity index is 1.55. The summed E-state index contributed by atoms with van der Waals surface area (Å²) in [5.74, 6) is 0.353. The number of carbonyl (C=O) groups excluding carboxylic acids is 2. The van der Waals surface area contributed by atoms with Gasteiger partial charge in [-0.1, -0.05) is 62.5 Å². The number of fused-ring (bicyclic) bond motifs is 2. The van der Waals surface area contributed by atoms with Crippen LogP contribution in [0.5, 0.6) is 0 Å². The molecule has 3 aliphatic heterocycles. The molecule has 0 radical (unpaired) electrons. The smallest absolute Gasteiger partial charge is 0.374 e. The van der Waals surface area contributed by atoms with E-state index in [-0.39, 0.29) is 28.5 Å². The highest BCUT2D eigenvalue weighted by Crippen LogP contribution is 2.44. The van der Waals surface area contributed by atoms with Gasteiger partial charge in [0.05, 0.1) is 18.8 Å². The number of anilines is 1. The second kappa shape index (κ2) is 6.58. The maximum Gasteiger partial charge on any atom is 0.433 e. The second-order valence-electron chi connectivity index (χ2n) is 8.73. The van der Waals surface area contributed by atoms with Crippen molar-refractivity contribution >= 4 is 45.6 Å². The van der Waals surface area contributed by atoms with Gasteiger partial charge >= 0.3 is 6.03 Å². The Morgan fingerprint density at radius 3 is 2.72 bits per heavy atom. The topological polar surface area (TPSA) is 52.7 Å². The summed E-state index contributed by atoms with van der Waals surface area (Å²) in [5.41, 5.74) is 0.679. The molecule has 4 unspecified atom stereocenters. The maximum atomic E-state index is 13.8. The van der Waals surface area contributed by atoms with E-state index in [4.69, 9.17) is 12.2 Å². The summed E-state index contributed by atoms with van der Waals surface area (Å²) >= 11 is 5.70. The predicted octanol–water partition coefficient (Wildman–Crippen LogP) is 2.72. The monoisotopic (exact) mass is 409 g/mol. The Hall–Kier alpha value is -2.35. The molecule has 1 N–H and O–H groups in total. The first-order valence-electron chi connectivity index (χ1n) is 10.2. The van der Waals surface area contributed by atoms with Gasteiger partial charge in [-0.3, -0.25) is 4.79 Å². The number of quaternary nitrogens is 1. The van der Waals surface area contributed by atoms with Crippen LogP contribution in [0.1, 0.15) is 13.8 Å². The fourth-order valence-corrected chi connectivity index (χ4v) is 5.43. The Morgan fingerprint density at radius 2 is 1.93 bits per heavy atom. The van der Waals surface area contributed by atoms with E-state index in [2.05, 4.69) is 24.1 Å². The zero-order valence-corrected chi connectivity index (χ0v) is 17.5. The minimum Gasteiger partial charge on any atom is -0.374 e. The number of urea groups is 1. The molecule has 0 aromatic heterocycles. The van der Waals surface area contributed by atoms with Gasteiger partial charge in [0.1, 0.15) is 11.7 Å². The van der Waals surface area contributed by atoms with Crippen molar-refractivity contribution in [3.8, 4) is 0 Å². The average Bonchev–Trinajstić information content (AvgIpc) is 3.34. The fourth-order valence-electron chi connectivity index (χ4n) is 5.09. The van der Waals surface area contributed by atoms with Crippen LogP contribution in [0.15, 0.2) is 42.5 Å². The van der Waals surface area contributed by atoms with Crippen molar-refractivity contribution in [2.75, 3.05) is 31.2 Å². The van der Waals surface area contributed by atoms with Gasteiger partial charge in [-0.2, -0.15) is 4.90 Å². The molecular formula is C22H25N4O2S+. The van der Waals surface area contributed by atoms with Crippen LogP contribution in [-0.2, 0) is 4.79 Å². The summed E-state index contributed by atoms with van der Waals surface area (Å²) < 4.78 is 0.117. The number of imide groups is 1. The van der Waals surface area contributed by atoms with Crippen molar-refractivity contribution in [3.05, 3.63) is 42.5 Å². The van der Waals surface area contributed by atoms with Gasteiger partial charge in [0, 0.05) is 11.9 Å². The molecule has 3 saturated heterocycles. The van der Waals surface area contributed by atoms with Gasteiger partial charge in [-0.05, 0) is 17.4 Å². The summed E-state index contributed by atoms with van der Waals surface area (Å²) in [4.78, 5) is 31.6. The third kappa shape index (κ3) is 2.57. The number of amides is 3. The van der Waals surface area contributed by atoms with Gasteiger partial charge < -0.3 is 5.32 Å². The first-order chi connectivity index (χ1) is 13.9. The fraction of sp³-hybridized carbons (Fsp3) is 0.409. The summed E-state index contributed by atoms with van der Waals surface area (Å²) in [6.07, 6.45) is 0. The molecule has 2 bridgehead atoms. The summed E-state index contributed by atoms with van der Waals surface area (Å²) in [7, 11) is 0. The molecular weight excluding hydrogens is 384 g/mol. The first kappa shape index (κ1) is 18.7.